The number of rotatable bonds is 21. The Morgan fingerprint density at radius 3 is 2.13 bits per heavy atom. The van der Waals surface area contributed by atoms with Gasteiger partial charge >= 0.3 is 5.97 Å². The van der Waals surface area contributed by atoms with Crippen LogP contribution >= 0.6 is 12.6 Å². The molecular weight excluding hydrogens is 719 g/mol. The van der Waals surface area contributed by atoms with E-state index >= 15 is 0 Å². The molecule has 0 spiro atoms. The van der Waals surface area contributed by atoms with Gasteiger partial charge < -0.3 is 47.4 Å². The maximum atomic E-state index is 14.0. The molecule has 16 nitrogen and oxygen atoms in total. The molecule has 0 aromatic heterocycles. The van der Waals surface area contributed by atoms with Gasteiger partial charge in [0.2, 0.25) is 35.4 Å². The molecule has 0 unspecified atom stereocenters. The summed E-state index contributed by atoms with van der Waals surface area (Å²) in [5, 5.41) is 27.7. The van der Waals surface area contributed by atoms with Crippen LogP contribution in [0.1, 0.15) is 90.0 Å². The molecule has 7 atom stereocenters. The number of hydrogen-bond donors (Lipinski definition) is 8. The van der Waals surface area contributed by atoms with Crippen LogP contribution in [0.4, 0.5) is 0 Å². The number of aliphatic carboxylic acids is 1. The number of likely N-dealkylation sites (tertiary alicyclic amines) is 2. The van der Waals surface area contributed by atoms with E-state index in [9.17, 15) is 43.8 Å². The summed E-state index contributed by atoms with van der Waals surface area (Å²) in [5.74, 6) is -5.34. The Kier molecular flexibility index (Phi) is 17.2. The number of nitrogens with one attached hydrogen (secondary N) is 3. The Morgan fingerprint density at radius 1 is 0.907 bits per heavy atom. The number of hydrogen-bond acceptors (Lipinski definition) is 10. The molecule has 2 fully saturated rings. The average Bonchev–Trinajstić information content (AvgIpc) is 3.84. The van der Waals surface area contributed by atoms with Gasteiger partial charge in [-0.15, -0.1) is 0 Å². The molecule has 0 saturated carbocycles. The summed E-state index contributed by atoms with van der Waals surface area (Å²) in [6, 6.07) is 2.33. The van der Waals surface area contributed by atoms with Gasteiger partial charge in [0.15, 0.2) is 0 Å². The molecule has 54 heavy (non-hydrogen) atoms. The number of aliphatic hydroxyl groups is 1. The number of primary amides is 1. The molecule has 2 saturated heterocycles. The first-order valence-corrected chi connectivity index (χ1v) is 19.4. The number of amides is 6. The summed E-state index contributed by atoms with van der Waals surface area (Å²) in [6.07, 6.45) is 3.74. The van der Waals surface area contributed by atoms with Crippen LogP contribution < -0.4 is 27.4 Å². The highest BCUT2D eigenvalue weighted by molar-refractivity contribution is 7.80. The fraction of sp³-hybridized carbons (Fsp3) is 0.649. The minimum atomic E-state index is -1.59. The van der Waals surface area contributed by atoms with E-state index in [0.717, 1.165) is 25.7 Å². The Hall–Kier alpha value is -4.22. The Bertz CT molecular complexity index is 1480. The van der Waals surface area contributed by atoms with Gasteiger partial charge in [0.05, 0.1) is 6.10 Å². The number of nitrogens with two attached hydrogens (primary N) is 2. The van der Waals surface area contributed by atoms with Crippen molar-refractivity contribution in [2.24, 2.45) is 11.5 Å². The number of unbranched alkanes of at least 4 members (excludes halogenated alkanes) is 3. The minimum absolute atomic E-state index is 0.0600. The van der Waals surface area contributed by atoms with Crippen LogP contribution in [0.15, 0.2) is 30.3 Å². The van der Waals surface area contributed by atoms with Crippen LogP contribution in [0.5, 0.6) is 0 Å². The van der Waals surface area contributed by atoms with Gasteiger partial charge in [0, 0.05) is 31.7 Å². The highest BCUT2D eigenvalue weighted by atomic mass is 32.1. The van der Waals surface area contributed by atoms with Crippen molar-refractivity contribution in [3.8, 4) is 0 Å². The second-order valence-electron chi connectivity index (χ2n) is 14.4. The quantitative estimate of drug-likeness (QED) is 0.0613. The Labute approximate surface area is 321 Å². The molecule has 0 aliphatic carbocycles. The summed E-state index contributed by atoms with van der Waals surface area (Å²) < 4.78 is 0. The van der Waals surface area contributed by atoms with Gasteiger partial charge in [-0.05, 0) is 51.0 Å². The lowest BCUT2D eigenvalue weighted by atomic mass is 9.93. The second kappa shape index (κ2) is 21.0. The molecule has 0 bridgehead atoms. The third-order valence-corrected chi connectivity index (χ3v) is 10.7. The number of carbonyl (C=O) groups excluding carboxylic acids is 6. The zero-order valence-electron chi connectivity index (χ0n) is 31.2. The standard InChI is InChI=1S/C37H57N7O9S/c1-3-4-5-9-18-37(39,22-54)36(53)44-20-11-15-28(44)34(50)43-19-10-14-27(43)32(48)42-30(23(2)45)33(49)40-25(16-17-29(38)46)31(47)41-26(35(51)52)21-24-12-7-6-8-13-24/h6-8,12-13,23,25-28,30,45,54H,3-5,9-11,14-22,39H2,1-2H3,(H2,38,46)(H,40,49)(H,41,47)(H,42,48)(H,51,52)/t23-,25+,26+,27+,28+,30+,37+/m1/s1. The molecule has 2 aliphatic rings. The number of carbonyl (C=O) groups is 7. The van der Waals surface area contributed by atoms with E-state index in [4.69, 9.17) is 11.5 Å². The van der Waals surface area contributed by atoms with Gasteiger partial charge in [0.1, 0.15) is 35.7 Å². The largest absolute Gasteiger partial charge is 0.480 e. The van der Waals surface area contributed by atoms with Crippen molar-refractivity contribution >= 4 is 54.0 Å². The Morgan fingerprint density at radius 2 is 1.54 bits per heavy atom. The first-order chi connectivity index (χ1) is 25.6. The van der Waals surface area contributed by atoms with Crippen molar-refractivity contribution in [1.29, 1.82) is 0 Å². The molecule has 3 rings (SSSR count). The predicted octanol–water partition coefficient (Wildman–Crippen LogP) is -0.00590. The summed E-state index contributed by atoms with van der Waals surface area (Å²) >= 11 is 4.39. The number of carboxylic acid groups (broad SMARTS) is 1. The van der Waals surface area contributed by atoms with E-state index < -0.39 is 77.4 Å². The fourth-order valence-electron chi connectivity index (χ4n) is 6.96. The zero-order chi connectivity index (χ0) is 40.0. The molecule has 17 heteroatoms. The van der Waals surface area contributed by atoms with E-state index in [0.29, 0.717) is 37.8 Å². The monoisotopic (exact) mass is 775 g/mol. The molecular formula is C37H57N7O9S. The van der Waals surface area contributed by atoms with Crippen molar-refractivity contribution < 1.29 is 43.8 Å². The number of benzene rings is 1. The van der Waals surface area contributed by atoms with Crippen LogP contribution in [0.2, 0.25) is 0 Å². The number of carboxylic acids is 1. The highest BCUT2D eigenvalue weighted by Gasteiger charge is 2.46. The van der Waals surface area contributed by atoms with E-state index in [-0.39, 0.29) is 43.9 Å². The van der Waals surface area contributed by atoms with Crippen LogP contribution in [0.25, 0.3) is 0 Å². The first kappa shape index (κ1) is 44.2. The molecule has 2 aliphatic heterocycles. The van der Waals surface area contributed by atoms with Crippen molar-refractivity contribution in [2.45, 2.75) is 133 Å². The van der Waals surface area contributed by atoms with Crippen LogP contribution in [0, 0.1) is 0 Å². The average molecular weight is 776 g/mol. The molecule has 1 aromatic rings. The van der Waals surface area contributed by atoms with Gasteiger partial charge in [-0.25, -0.2) is 4.79 Å². The number of thiol groups is 1. The smallest absolute Gasteiger partial charge is 0.326 e. The van der Waals surface area contributed by atoms with Gasteiger partial charge in [-0.3, -0.25) is 28.8 Å². The van der Waals surface area contributed by atoms with E-state index in [2.05, 4.69) is 35.5 Å². The lowest BCUT2D eigenvalue weighted by Gasteiger charge is -2.36. The Balaban J connectivity index is 1.72. The highest BCUT2D eigenvalue weighted by Crippen LogP contribution is 2.28. The first-order valence-electron chi connectivity index (χ1n) is 18.8. The van der Waals surface area contributed by atoms with Crippen molar-refractivity contribution in [3.05, 3.63) is 35.9 Å². The van der Waals surface area contributed by atoms with Gasteiger partial charge in [-0.1, -0.05) is 62.9 Å². The second-order valence-corrected chi connectivity index (χ2v) is 14.7. The summed E-state index contributed by atoms with van der Waals surface area (Å²) in [4.78, 5) is 94.8. The van der Waals surface area contributed by atoms with Crippen LogP contribution in [-0.2, 0) is 40.0 Å². The lowest BCUT2D eigenvalue weighted by Crippen LogP contribution is -2.62. The fourth-order valence-corrected chi connectivity index (χ4v) is 7.26. The third kappa shape index (κ3) is 12.1. The zero-order valence-corrected chi connectivity index (χ0v) is 32.1. The third-order valence-electron chi connectivity index (χ3n) is 10.1. The summed E-state index contributed by atoms with van der Waals surface area (Å²) in [6.45, 7) is 3.92. The van der Waals surface area contributed by atoms with Gasteiger partial charge in [0.25, 0.3) is 0 Å². The van der Waals surface area contributed by atoms with Crippen molar-refractivity contribution in [3.63, 3.8) is 0 Å². The van der Waals surface area contributed by atoms with Gasteiger partial charge in [-0.2, -0.15) is 12.6 Å². The van der Waals surface area contributed by atoms with Crippen LogP contribution in [0.3, 0.4) is 0 Å². The van der Waals surface area contributed by atoms with Crippen molar-refractivity contribution in [1.82, 2.24) is 25.8 Å². The lowest BCUT2D eigenvalue weighted by molar-refractivity contribution is -0.149. The summed E-state index contributed by atoms with van der Waals surface area (Å²) in [5.41, 5.74) is 11.3. The summed E-state index contributed by atoms with van der Waals surface area (Å²) in [7, 11) is 0. The molecule has 2 heterocycles. The predicted molar refractivity (Wildman–Crippen MR) is 203 cm³/mol. The number of nitrogens with zero attached hydrogens (tertiary/aromatic N) is 2. The molecule has 9 N–H and O–H groups in total. The topological polar surface area (TPSA) is 255 Å². The molecule has 300 valence electrons. The molecule has 6 amide bonds. The van der Waals surface area contributed by atoms with Crippen molar-refractivity contribution in [2.75, 3.05) is 18.8 Å². The normalized spacial score (nSPS) is 20.2. The maximum absolute atomic E-state index is 14.0. The van der Waals surface area contributed by atoms with Crippen LogP contribution in [-0.4, -0.2) is 122 Å². The SMILES string of the molecule is CCCCCC[C@](N)(CS)C(=O)N1CCC[C@H]1C(=O)N1CCC[C@H]1C(=O)N[C@H](C(=O)N[C@@H](CCC(N)=O)C(=O)N[C@@H](Cc1ccccc1)C(=O)O)[C@@H](C)O. The molecule has 1 aromatic carbocycles. The van der Waals surface area contributed by atoms with E-state index in [1.807, 2.05) is 0 Å². The molecule has 0 radical (unpaired) electrons. The minimum Gasteiger partial charge on any atom is -0.480 e. The number of aliphatic hydroxyl groups excluding tert-OH is 1. The van der Waals surface area contributed by atoms with E-state index in [1.165, 1.54) is 16.7 Å². The maximum Gasteiger partial charge on any atom is 0.326 e. The van der Waals surface area contributed by atoms with E-state index in [1.54, 1.807) is 30.3 Å².